The van der Waals surface area contributed by atoms with Crippen molar-refractivity contribution in [1.29, 1.82) is 0 Å². The first kappa shape index (κ1) is 7.39. The van der Waals surface area contributed by atoms with Crippen LogP contribution in [0.3, 0.4) is 0 Å². The summed E-state index contributed by atoms with van der Waals surface area (Å²) in [5, 5.41) is 0. The van der Waals surface area contributed by atoms with Gasteiger partial charge in [-0.05, 0) is 5.56 Å². The lowest BCUT2D eigenvalue weighted by Gasteiger charge is -1.92. The normalized spacial score (nSPS) is 11.1. The molecule has 1 unspecified atom stereocenters. The van der Waals surface area contributed by atoms with E-state index in [1.807, 2.05) is 30.3 Å². The lowest BCUT2D eigenvalue weighted by molar-refractivity contribution is 0.502. The van der Waals surface area contributed by atoms with E-state index in [9.17, 15) is 4.57 Å². The van der Waals surface area contributed by atoms with Crippen molar-refractivity contribution in [2.75, 3.05) is 0 Å². The summed E-state index contributed by atoms with van der Waals surface area (Å²) >= 11 is 0. The zero-order chi connectivity index (χ0) is 7.40. The van der Waals surface area contributed by atoms with Crippen molar-refractivity contribution in [3.63, 3.8) is 0 Å². The minimum absolute atomic E-state index is 0.260. The maximum Gasteiger partial charge on any atom is 0.214 e. The molecule has 53 valence electrons. The van der Waals surface area contributed by atoms with Crippen LogP contribution in [0.15, 0.2) is 30.3 Å². The highest BCUT2D eigenvalue weighted by Gasteiger charge is 1.94. The quantitative estimate of drug-likeness (QED) is 0.662. The maximum absolute atomic E-state index is 10.3. The van der Waals surface area contributed by atoms with Gasteiger partial charge in [-0.25, -0.2) is 0 Å². The van der Waals surface area contributed by atoms with Gasteiger partial charge < -0.3 is 4.89 Å². The van der Waals surface area contributed by atoms with Crippen LogP contribution in [0.1, 0.15) is 5.56 Å². The number of benzene rings is 1. The molecule has 10 heavy (non-hydrogen) atoms. The molecule has 0 aliphatic carbocycles. The molecule has 0 saturated carbocycles. The van der Waals surface area contributed by atoms with Crippen molar-refractivity contribution >= 4 is 8.03 Å². The summed E-state index contributed by atoms with van der Waals surface area (Å²) in [5.74, 6) is 0. The van der Waals surface area contributed by atoms with Gasteiger partial charge >= 0.3 is 0 Å². The largest absolute Gasteiger partial charge is 0.319 e. The average Bonchev–Trinajstić information content (AvgIpc) is 1.88. The van der Waals surface area contributed by atoms with Gasteiger partial charge in [-0.1, -0.05) is 30.3 Å². The molecule has 3 heteroatoms. The molecule has 1 aromatic rings. The first-order valence-corrected chi connectivity index (χ1v) is 4.36. The summed E-state index contributed by atoms with van der Waals surface area (Å²) < 4.78 is 10.3. The Hall–Kier alpha value is -0.720. The minimum atomic E-state index is -2.03. The van der Waals surface area contributed by atoms with Crippen molar-refractivity contribution in [3.8, 4) is 0 Å². The Morgan fingerprint density at radius 1 is 1.30 bits per heavy atom. The molecular formula is C7H8O2P. The Morgan fingerprint density at radius 2 is 1.90 bits per heavy atom. The Bertz CT molecular complexity index is 220. The summed E-state index contributed by atoms with van der Waals surface area (Å²) in [6, 6.07) is 9.27. The van der Waals surface area contributed by atoms with Crippen LogP contribution < -0.4 is 0 Å². The molecule has 0 saturated heterocycles. The van der Waals surface area contributed by atoms with Gasteiger partial charge in [0.25, 0.3) is 0 Å². The van der Waals surface area contributed by atoms with Crippen molar-refractivity contribution in [1.82, 2.24) is 0 Å². The monoisotopic (exact) mass is 155 g/mol. The van der Waals surface area contributed by atoms with Crippen molar-refractivity contribution in [2.24, 2.45) is 0 Å². The summed E-state index contributed by atoms with van der Waals surface area (Å²) in [4.78, 5) is 8.52. The third-order valence-electron chi connectivity index (χ3n) is 1.16. The lowest BCUT2D eigenvalue weighted by Crippen LogP contribution is -1.75. The molecule has 1 rings (SSSR count). The van der Waals surface area contributed by atoms with Crippen LogP contribution in [0.4, 0.5) is 0 Å². The molecule has 0 aliphatic rings. The van der Waals surface area contributed by atoms with Gasteiger partial charge in [0, 0.05) is 0 Å². The molecule has 1 radical (unpaired) electrons. The van der Waals surface area contributed by atoms with E-state index < -0.39 is 8.03 Å². The van der Waals surface area contributed by atoms with Crippen LogP contribution in [0.2, 0.25) is 0 Å². The highest BCUT2D eigenvalue weighted by Crippen LogP contribution is 2.20. The molecule has 1 N–H and O–H groups in total. The van der Waals surface area contributed by atoms with E-state index in [0.29, 0.717) is 0 Å². The smallest absolute Gasteiger partial charge is 0.214 e. The minimum Gasteiger partial charge on any atom is -0.319 e. The third kappa shape index (κ3) is 2.26. The number of hydrogen-bond acceptors (Lipinski definition) is 1. The fourth-order valence-electron chi connectivity index (χ4n) is 0.740. The maximum atomic E-state index is 10.3. The van der Waals surface area contributed by atoms with Crippen LogP contribution in [-0.4, -0.2) is 4.89 Å². The molecule has 1 atom stereocenters. The highest BCUT2D eigenvalue weighted by atomic mass is 31.1. The molecular weight excluding hydrogens is 147 g/mol. The third-order valence-corrected chi connectivity index (χ3v) is 1.80. The Balaban J connectivity index is 2.67. The fraction of sp³-hybridized carbons (Fsp3) is 0.143. The Morgan fingerprint density at radius 3 is 2.40 bits per heavy atom. The molecule has 0 aliphatic heterocycles. The molecule has 1 aromatic carbocycles. The van der Waals surface area contributed by atoms with E-state index in [2.05, 4.69) is 0 Å². The van der Waals surface area contributed by atoms with E-state index in [1.54, 1.807) is 0 Å². The Labute approximate surface area is 60.4 Å². The van der Waals surface area contributed by atoms with E-state index in [4.69, 9.17) is 4.89 Å². The second kappa shape index (κ2) is 3.45. The topological polar surface area (TPSA) is 37.3 Å². The summed E-state index contributed by atoms with van der Waals surface area (Å²) in [6.45, 7) is 0. The SMILES string of the molecule is O=[P](O)Cc1ccccc1. The number of rotatable bonds is 2. The first-order valence-electron chi connectivity index (χ1n) is 2.96. The second-order valence-corrected chi connectivity index (χ2v) is 3.02. The van der Waals surface area contributed by atoms with E-state index in [1.165, 1.54) is 0 Å². The van der Waals surface area contributed by atoms with Gasteiger partial charge in [0.2, 0.25) is 8.03 Å². The molecule has 0 aromatic heterocycles. The van der Waals surface area contributed by atoms with Crippen LogP contribution in [0, 0.1) is 0 Å². The molecule has 0 fully saturated rings. The van der Waals surface area contributed by atoms with Gasteiger partial charge in [0.1, 0.15) is 0 Å². The van der Waals surface area contributed by atoms with Crippen LogP contribution in [-0.2, 0) is 10.7 Å². The number of hydrogen-bond donors (Lipinski definition) is 1. The predicted octanol–water partition coefficient (Wildman–Crippen LogP) is 1.92. The molecule has 0 amide bonds. The predicted molar refractivity (Wildman–Crippen MR) is 40.0 cm³/mol. The second-order valence-electron chi connectivity index (χ2n) is 2.00. The van der Waals surface area contributed by atoms with Gasteiger partial charge in [-0.2, -0.15) is 0 Å². The molecule has 0 heterocycles. The van der Waals surface area contributed by atoms with Gasteiger partial charge in [-0.15, -0.1) is 0 Å². The zero-order valence-electron chi connectivity index (χ0n) is 5.40. The van der Waals surface area contributed by atoms with Crippen LogP contribution in [0.5, 0.6) is 0 Å². The summed E-state index contributed by atoms with van der Waals surface area (Å²) in [6.07, 6.45) is 0.260. The zero-order valence-corrected chi connectivity index (χ0v) is 6.29. The van der Waals surface area contributed by atoms with Crippen molar-refractivity contribution in [3.05, 3.63) is 35.9 Å². The van der Waals surface area contributed by atoms with E-state index in [0.717, 1.165) is 5.56 Å². The van der Waals surface area contributed by atoms with E-state index in [-0.39, 0.29) is 6.16 Å². The van der Waals surface area contributed by atoms with Gasteiger partial charge in [-0.3, -0.25) is 4.57 Å². The van der Waals surface area contributed by atoms with Crippen LogP contribution in [0.25, 0.3) is 0 Å². The fourth-order valence-corrected chi connectivity index (χ4v) is 1.26. The van der Waals surface area contributed by atoms with Gasteiger partial charge in [0.05, 0.1) is 6.16 Å². The molecule has 0 bridgehead atoms. The van der Waals surface area contributed by atoms with Crippen molar-refractivity contribution < 1.29 is 9.46 Å². The first-order chi connectivity index (χ1) is 4.79. The molecule has 0 spiro atoms. The van der Waals surface area contributed by atoms with Gasteiger partial charge in [0.15, 0.2) is 0 Å². The average molecular weight is 155 g/mol. The molecule has 2 nitrogen and oxygen atoms in total. The lowest BCUT2D eigenvalue weighted by atomic mass is 10.2. The van der Waals surface area contributed by atoms with Crippen molar-refractivity contribution in [2.45, 2.75) is 6.16 Å². The summed E-state index contributed by atoms with van der Waals surface area (Å²) in [5.41, 5.74) is 0.908. The Kier molecular flexibility index (Phi) is 2.55. The van der Waals surface area contributed by atoms with E-state index >= 15 is 0 Å². The standard InChI is InChI=1S/C7H8O2P/c8-10(9)6-7-4-2-1-3-5-7/h1-5H,6H2,(H,8,9). The highest BCUT2D eigenvalue weighted by molar-refractivity contribution is 7.37. The summed E-state index contributed by atoms with van der Waals surface area (Å²) in [7, 11) is -2.03. The van der Waals surface area contributed by atoms with Crippen LogP contribution >= 0.6 is 8.03 Å².